The van der Waals surface area contributed by atoms with Crippen molar-refractivity contribution in [2.45, 2.75) is 20.4 Å². The summed E-state index contributed by atoms with van der Waals surface area (Å²) in [6, 6.07) is 14.5. The molecule has 0 aliphatic carbocycles. The fourth-order valence-corrected chi connectivity index (χ4v) is 3.52. The zero-order valence-corrected chi connectivity index (χ0v) is 17.3. The highest BCUT2D eigenvalue weighted by Crippen LogP contribution is 2.23. The first-order valence-electron chi connectivity index (χ1n) is 8.65. The van der Waals surface area contributed by atoms with Crippen LogP contribution < -0.4 is 0 Å². The molecule has 0 N–H and O–H groups in total. The monoisotopic (exact) mass is 415 g/mol. The molecule has 1 aromatic heterocycles. The minimum atomic E-state index is -0.621. The standard InChI is InChI=1S/C21H19Cl2N3O2/c1-13-19(14(2)26(24-13)17-7-5-4-6-8-17)20(27)21(28)25(3)12-15-9-10-16(22)11-18(15)23/h4-11H,12H2,1-3H3. The quantitative estimate of drug-likeness (QED) is 0.450. The minimum absolute atomic E-state index is 0.200. The van der Waals surface area contributed by atoms with Gasteiger partial charge in [-0.2, -0.15) is 5.10 Å². The molecule has 1 amide bonds. The van der Waals surface area contributed by atoms with Crippen LogP contribution in [-0.2, 0) is 11.3 Å². The number of likely N-dealkylation sites (N-methyl/N-ethyl adjacent to an activating group) is 1. The number of nitrogens with zero attached hydrogens (tertiary/aromatic N) is 3. The zero-order chi connectivity index (χ0) is 20.4. The largest absolute Gasteiger partial charge is 0.334 e. The maximum Gasteiger partial charge on any atom is 0.295 e. The molecule has 0 saturated heterocycles. The van der Waals surface area contributed by atoms with Crippen molar-refractivity contribution in [2.75, 3.05) is 7.05 Å². The van der Waals surface area contributed by atoms with Crippen molar-refractivity contribution in [3.63, 3.8) is 0 Å². The van der Waals surface area contributed by atoms with Gasteiger partial charge in [0.05, 0.1) is 22.6 Å². The van der Waals surface area contributed by atoms with Gasteiger partial charge in [0, 0.05) is 23.6 Å². The predicted molar refractivity (Wildman–Crippen MR) is 110 cm³/mol. The number of hydrogen-bond donors (Lipinski definition) is 0. The van der Waals surface area contributed by atoms with Crippen molar-refractivity contribution in [2.24, 2.45) is 0 Å². The summed E-state index contributed by atoms with van der Waals surface area (Å²) in [5, 5.41) is 5.40. The molecular formula is C21H19Cl2N3O2. The van der Waals surface area contributed by atoms with E-state index in [1.807, 2.05) is 30.3 Å². The summed E-state index contributed by atoms with van der Waals surface area (Å²) in [5.41, 5.74) is 3.00. The van der Waals surface area contributed by atoms with E-state index in [-0.39, 0.29) is 6.54 Å². The van der Waals surface area contributed by atoms with Gasteiger partial charge in [-0.25, -0.2) is 4.68 Å². The Bertz CT molecular complexity index is 1050. The third-order valence-electron chi connectivity index (χ3n) is 4.48. The van der Waals surface area contributed by atoms with Gasteiger partial charge in [0.25, 0.3) is 11.7 Å². The number of carbonyl (C=O) groups excluding carboxylic acids is 2. The molecular weight excluding hydrogens is 397 g/mol. The highest BCUT2D eigenvalue weighted by atomic mass is 35.5. The maximum absolute atomic E-state index is 12.9. The van der Waals surface area contributed by atoms with Crippen molar-refractivity contribution in [1.82, 2.24) is 14.7 Å². The molecule has 0 radical (unpaired) electrons. The number of aromatic nitrogens is 2. The Morgan fingerprint density at radius 1 is 1.07 bits per heavy atom. The first kappa shape index (κ1) is 20.1. The van der Waals surface area contributed by atoms with Crippen LogP contribution in [0.4, 0.5) is 0 Å². The molecule has 2 aromatic carbocycles. The second kappa shape index (κ2) is 8.17. The molecule has 7 heteroatoms. The molecule has 5 nitrogen and oxygen atoms in total. The summed E-state index contributed by atoms with van der Waals surface area (Å²) in [6.07, 6.45) is 0. The zero-order valence-electron chi connectivity index (χ0n) is 15.7. The topological polar surface area (TPSA) is 55.2 Å². The summed E-state index contributed by atoms with van der Waals surface area (Å²) >= 11 is 12.1. The molecule has 0 bridgehead atoms. The van der Waals surface area contributed by atoms with Gasteiger partial charge in [0.1, 0.15) is 0 Å². The lowest BCUT2D eigenvalue weighted by Gasteiger charge is -2.17. The summed E-state index contributed by atoms with van der Waals surface area (Å²) in [6.45, 7) is 3.71. The smallest absolute Gasteiger partial charge is 0.295 e. The SMILES string of the molecule is Cc1nn(-c2ccccc2)c(C)c1C(=O)C(=O)N(C)Cc1ccc(Cl)cc1Cl. The highest BCUT2D eigenvalue weighted by molar-refractivity contribution is 6.43. The van der Waals surface area contributed by atoms with E-state index in [2.05, 4.69) is 5.10 Å². The number of rotatable bonds is 5. The number of para-hydroxylation sites is 1. The Morgan fingerprint density at radius 3 is 2.39 bits per heavy atom. The molecule has 3 rings (SSSR count). The van der Waals surface area contributed by atoms with E-state index < -0.39 is 11.7 Å². The van der Waals surface area contributed by atoms with Crippen molar-refractivity contribution >= 4 is 34.9 Å². The number of hydrogen-bond acceptors (Lipinski definition) is 3. The highest BCUT2D eigenvalue weighted by Gasteiger charge is 2.27. The molecule has 0 atom stereocenters. The van der Waals surface area contributed by atoms with Gasteiger partial charge in [0.15, 0.2) is 0 Å². The molecule has 144 valence electrons. The van der Waals surface area contributed by atoms with Crippen LogP contribution in [0.5, 0.6) is 0 Å². The van der Waals surface area contributed by atoms with Gasteiger partial charge in [-0.3, -0.25) is 9.59 Å². The Hall–Kier alpha value is -2.63. The van der Waals surface area contributed by atoms with Gasteiger partial charge in [-0.1, -0.05) is 47.5 Å². The second-order valence-electron chi connectivity index (χ2n) is 6.52. The summed E-state index contributed by atoms with van der Waals surface area (Å²) in [4.78, 5) is 27.0. The lowest BCUT2D eigenvalue weighted by atomic mass is 10.1. The lowest BCUT2D eigenvalue weighted by molar-refractivity contribution is -0.125. The van der Waals surface area contributed by atoms with Crippen molar-refractivity contribution in [1.29, 1.82) is 0 Å². The first-order chi connectivity index (χ1) is 13.3. The predicted octanol–water partition coefficient (Wildman–Crippen LogP) is 4.64. The van der Waals surface area contributed by atoms with Crippen LogP contribution in [-0.4, -0.2) is 33.4 Å². The number of carbonyl (C=O) groups is 2. The molecule has 0 spiro atoms. The van der Waals surface area contributed by atoms with Crippen LogP contribution in [0.2, 0.25) is 10.0 Å². The van der Waals surface area contributed by atoms with Gasteiger partial charge < -0.3 is 4.90 Å². The van der Waals surface area contributed by atoms with Crippen LogP contribution in [0.1, 0.15) is 27.3 Å². The summed E-state index contributed by atoms with van der Waals surface area (Å²) < 4.78 is 1.67. The molecule has 0 saturated carbocycles. The molecule has 0 unspecified atom stereocenters. The molecule has 0 aliphatic heterocycles. The molecule has 28 heavy (non-hydrogen) atoms. The van der Waals surface area contributed by atoms with Gasteiger partial charge >= 0.3 is 0 Å². The van der Waals surface area contributed by atoms with Crippen molar-refractivity contribution < 1.29 is 9.59 Å². The minimum Gasteiger partial charge on any atom is -0.334 e. The fourth-order valence-electron chi connectivity index (χ4n) is 3.05. The molecule has 0 aliphatic rings. The number of ketones is 1. The Morgan fingerprint density at radius 2 is 1.75 bits per heavy atom. The van der Waals surface area contributed by atoms with Crippen LogP contribution >= 0.6 is 23.2 Å². The van der Waals surface area contributed by atoms with Crippen LogP contribution in [0.3, 0.4) is 0 Å². The fraction of sp³-hybridized carbons (Fsp3) is 0.190. The number of Topliss-reactive ketones (excluding diaryl/α,β-unsaturated/α-hetero) is 1. The number of aryl methyl sites for hydroxylation is 1. The normalized spacial score (nSPS) is 10.8. The van der Waals surface area contributed by atoms with E-state index in [1.54, 1.807) is 43.8 Å². The van der Waals surface area contributed by atoms with Gasteiger partial charge in [-0.15, -0.1) is 0 Å². The molecule has 3 aromatic rings. The van der Waals surface area contributed by atoms with Crippen molar-refractivity contribution in [3.8, 4) is 5.69 Å². The third-order valence-corrected chi connectivity index (χ3v) is 5.07. The Labute approximate surface area is 173 Å². The maximum atomic E-state index is 12.9. The first-order valence-corrected chi connectivity index (χ1v) is 9.40. The van der Waals surface area contributed by atoms with E-state index in [0.717, 1.165) is 5.69 Å². The van der Waals surface area contributed by atoms with E-state index in [4.69, 9.17) is 23.2 Å². The summed E-state index contributed by atoms with van der Waals surface area (Å²) in [7, 11) is 1.57. The van der Waals surface area contributed by atoms with Crippen LogP contribution in [0.25, 0.3) is 5.69 Å². The van der Waals surface area contributed by atoms with E-state index in [0.29, 0.717) is 32.6 Å². The van der Waals surface area contributed by atoms with E-state index in [9.17, 15) is 9.59 Å². The lowest BCUT2D eigenvalue weighted by Crippen LogP contribution is -2.33. The third kappa shape index (κ3) is 3.96. The number of amides is 1. The average Bonchev–Trinajstić information content (AvgIpc) is 2.97. The van der Waals surface area contributed by atoms with E-state index >= 15 is 0 Å². The summed E-state index contributed by atoms with van der Waals surface area (Å²) in [5.74, 6) is -1.21. The van der Waals surface area contributed by atoms with Crippen LogP contribution in [0, 0.1) is 13.8 Å². The number of benzene rings is 2. The van der Waals surface area contributed by atoms with Crippen molar-refractivity contribution in [3.05, 3.63) is 81.1 Å². The van der Waals surface area contributed by atoms with Gasteiger partial charge in [0.2, 0.25) is 0 Å². The Balaban J connectivity index is 1.85. The van der Waals surface area contributed by atoms with Crippen LogP contribution in [0.15, 0.2) is 48.5 Å². The molecule has 1 heterocycles. The molecule has 0 fully saturated rings. The average molecular weight is 416 g/mol. The Kier molecular flexibility index (Phi) is 5.87. The van der Waals surface area contributed by atoms with E-state index in [1.165, 1.54) is 4.90 Å². The second-order valence-corrected chi connectivity index (χ2v) is 7.36. The number of halogens is 2. The van der Waals surface area contributed by atoms with Gasteiger partial charge in [-0.05, 0) is 43.7 Å².